The van der Waals surface area contributed by atoms with E-state index in [0.29, 0.717) is 17.8 Å². The van der Waals surface area contributed by atoms with Crippen molar-refractivity contribution < 1.29 is 14.2 Å². The van der Waals surface area contributed by atoms with Crippen molar-refractivity contribution in [3.8, 4) is 16.9 Å². The molecule has 5 aromatic rings. The quantitative estimate of drug-likeness (QED) is 0.0431. The number of rotatable bonds is 25. The van der Waals surface area contributed by atoms with Gasteiger partial charge in [0.25, 0.3) is 0 Å². The van der Waals surface area contributed by atoms with Crippen molar-refractivity contribution in [3.63, 3.8) is 0 Å². The zero-order valence-electron chi connectivity index (χ0n) is 49.9. The van der Waals surface area contributed by atoms with E-state index in [4.69, 9.17) is 14.2 Å². The summed E-state index contributed by atoms with van der Waals surface area (Å²) < 4.78 is 21.5. The van der Waals surface area contributed by atoms with Crippen LogP contribution in [0.3, 0.4) is 0 Å². The van der Waals surface area contributed by atoms with Gasteiger partial charge in [-0.3, -0.25) is 0 Å². The molecule has 0 fully saturated rings. The molecule has 84 heavy (non-hydrogen) atoms. The van der Waals surface area contributed by atoms with Gasteiger partial charge in [-0.05, 0) is 201 Å². The molecule has 7 unspecified atom stereocenters. The molecule has 0 amide bonds. The highest BCUT2D eigenvalue weighted by Gasteiger charge is 2.49. The van der Waals surface area contributed by atoms with E-state index in [1.54, 1.807) is 5.57 Å². The van der Waals surface area contributed by atoms with Crippen LogP contribution in [0.4, 0.5) is 5.69 Å². The van der Waals surface area contributed by atoms with Gasteiger partial charge in [0.2, 0.25) is 0 Å². The van der Waals surface area contributed by atoms with Gasteiger partial charge in [0.1, 0.15) is 11.5 Å². The molecular weight excluding hydrogens is 1020 g/mol. The van der Waals surface area contributed by atoms with Crippen molar-refractivity contribution in [2.24, 2.45) is 17.8 Å². The highest BCUT2D eigenvalue weighted by atomic mass is 16.5. The van der Waals surface area contributed by atoms with E-state index < -0.39 is 0 Å². The SMILES string of the molecule is C=Cc1ccc(OCCCCCCOC2C=c3c(n(C4=CC=CCC4)c4ccc(-c5ccc(N(C6C=CC=CC6)C6C=C7C(=CC6)c6ccccc6C7(CC(C)CCC(C)COC6=CCC(C=C)C=C6)C6=CC=CCC6)cc5)cc34)=CC2)cc1. The first-order chi connectivity index (χ1) is 41.4. The molecule has 0 radical (unpaired) electrons. The van der Waals surface area contributed by atoms with Gasteiger partial charge in [-0.15, -0.1) is 6.58 Å². The third-order valence-corrected chi connectivity index (χ3v) is 18.8. The third-order valence-electron chi connectivity index (χ3n) is 18.8. The lowest BCUT2D eigenvalue weighted by atomic mass is 9.63. The molecule has 0 aliphatic heterocycles. The van der Waals surface area contributed by atoms with Crippen molar-refractivity contribution in [2.45, 2.75) is 134 Å². The van der Waals surface area contributed by atoms with E-state index in [-0.39, 0.29) is 23.6 Å². The van der Waals surface area contributed by atoms with Crippen LogP contribution in [0.15, 0.2) is 218 Å². The third kappa shape index (κ3) is 12.3. The van der Waals surface area contributed by atoms with Crippen LogP contribution in [-0.4, -0.2) is 42.6 Å². The normalized spacial score (nSPS) is 22.7. The lowest BCUT2D eigenvalue weighted by Gasteiger charge is -2.43. The van der Waals surface area contributed by atoms with E-state index >= 15 is 0 Å². The maximum atomic E-state index is 6.64. The number of hydrogen-bond acceptors (Lipinski definition) is 4. The number of allylic oxidation sites excluding steroid dienone is 16. The first-order valence-corrected chi connectivity index (χ1v) is 31.8. The number of fused-ring (bicyclic) bond motifs is 6. The maximum absolute atomic E-state index is 6.64. The summed E-state index contributed by atoms with van der Waals surface area (Å²) >= 11 is 0. The Labute approximate surface area is 500 Å². The largest absolute Gasteiger partial charge is 0.494 e. The summed E-state index contributed by atoms with van der Waals surface area (Å²) in [7, 11) is 0. The first-order valence-electron chi connectivity index (χ1n) is 31.8. The lowest BCUT2D eigenvalue weighted by Crippen LogP contribution is -2.43. The Balaban J connectivity index is 0.792. The Bertz CT molecular complexity index is 3660. The Kier molecular flexibility index (Phi) is 18.0. The number of nitrogens with zero attached hydrogens (tertiary/aromatic N) is 2. The number of anilines is 1. The lowest BCUT2D eigenvalue weighted by molar-refractivity contribution is 0.0947. The van der Waals surface area contributed by atoms with Gasteiger partial charge in [-0.25, -0.2) is 0 Å². The molecule has 0 spiro atoms. The second-order valence-electron chi connectivity index (χ2n) is 24.6. The summed E-state index contributed by atoms with van der Waals surface area (Å²) in [6, 6.07) is 34.7. The molecular formula is C79H86N2O3. The number of unbranched alkanes of at least 4 members (excludes halogenated alkanes) is 3. The van der Waals surface area contributed by atoms with Gasteiger partial charge in [-0.1, -0.05) is 185 Å². The second-order valence-corrected chi connectivity index (χ2v) is 24.6. The molecule has 4 aromatic carbocycles. The summed E-state index contributed by atoms with van der Waals surface area (Å²) in [6.07, 6.45) is 59.7. The minimum Gasteiger partial charge on any atom is -0.494 e. The van der Waals surface area contributed by atoms with Crippen LogP contribution in [-0.2, 0) is 14.9 Å². The zero-order valence-corrected chi connectivity index (χ0v) is 49.9. The molecule has 0 N–H and O–H groups in total. The molecule has 5 nitrogen and oxygen atoms in total. The second kappa shape index (κ2) is 26.5. The maximum Gasteiger partial charge on any atom is 0.119 e. The molecule has 1 heterocycles. The van der Waals surface area contributed by atoms with E-state index in [9.17, 15) is 0 Å². The average Bonchev–Trinajstić information content (AvgIpc) is 1.96. The zero-order chi connectivity index (χ0) is 57.2. The van der Waals surface area contributed by atoms with Gasteiger partial charge >= 0.3 is 0 Å². The van der Waals surface area contributed by atoms with Crippen LogP contribution in [0.25, 0.3) is 51.5 Å². The fourth-order valence-corrected chi connectivity index (χ4v) is 14.3. The number of hydrogen-bond donors (Lipinski definition) is 0. The molecule has 0 saturated carbocycles. The molecule has 430 valence electrons. The summed E-state index contributed by atoms with van der Waals surface area (Å²) in [4.78, 5) is 2.74. The standard InChI is InChI=1S/C79H86N2O3/c1-5-59-32-42-68(43-33-59)82-50-20-7-8-21-51-83-70-46-49-78-74(54-70)73-52-62(38-48-77(73)81(78)65-26-16-11-17-27-65)61-36-39-66(40-37-61)80(64-24-14-10-15-25-64)67-41-47-72-71-28-18-19-29-75(71)79(76(72)53-67,63-22-12-9-13-23-63)55-57(3)30-31-58(4)56-84-69-44-34-60(6-2)35-45-69/h5-6,9-12,14-16,18-19,22,24,26,28-29,32-34,36-40,42-45,47-49,52-54,57-58,60,64,67,70H,1-2,7-8,13,17,20-21,23,25,27,30-31,35,41,46,50-51,55-56H2,3-4H3. The van der Waals surface area contributed by atoms with Gasteiger partial charge in [0.15, 0.2) is 0 Å². The Morgan fingerprint density at radius 3 is 2.27 bits per heavy atom. The molecule has 5 heteroatoms. The van der Waals surface area contributed by atoms with Crippen molar-refractivity contribution >= 4 is 46.1 Å². The van der Waals surface area contributed by atoms with Crippen molar-refractivity contribution in [3.05, 3.63) is 246 Å². The Hall–Kier alpha value is -7.60. The molecule has 1 aromatic heterocycles. The smallest absolute Gasteiger partial charge is 0.119 e. The highest BCUT2D eigenvalue weighted by molar-refractivity contribution is 5.93. The van der Waals surface area contributed by atoms with Crippen molar-refractivity contribution in [1.29, 1.82) is 0 Å². The molecule has 7 atom stereocenters. The van der Waals surface area contributed by atoms with E-state index in [2.05, 4.69) is 206 Å². The molecule has 0 saturated heterocycles. The number of ether oxygens (including phenoxy) is 3. The molecule has 7 aliphatic rings. The topological polar surface area (TPSA) is 35.9 Å². The summed E-state index contributed by atoms with van der Waals surface area (Å²) in [5.41, 5.74) is 14.7. The van der Waals surface area contributed by atoms with Crippen LogP contribution >= 0.6 is 0 Å². The molecule has 12 rings (SSSR count). The van der Waals surface area contributed by atoms with Crippen LogP contribution in [0.1, 0.15) is 127 Å². The van der Waals surface area contributed by atoms with Crippen molar-refractivity contribution in [2.75, 3.05) is 24.7 Å². The van der Waals surface area contributed by atoms with E-state index in [1.165, 1.54) is 66.3 Å². The minimum absolute atomic E-state index is 0.0495. The van der Waals surface area contributed by atoms with Crippen LogP contribution < -0.4 is 20.2 Å². The number of aromatic nitrogens is 1. The fourth-order valence-electron chi connectivity index (χ4n) is 14.3. The fraction of sp³-hybridized carbons (Fsp3) is 0.342. The van der Waals surface area contributed by atoms with E-state index in [0.717, 1.165) is 133 Å². The van der Waals surface area contributed by atoms with Gasteiger partial charge < -0.3 is 23.7 Å². The summed E-state index contributed by atoms with van der Waals surface area (Å²) in [5.74, 6) is 3.30. The predicted octanol–water partition coefficient (Wildman–Crippen LogP) is 18.2. The monoisotopic (exact) mass is 1110 g/mol. The average molecular weight is 1110 g/mol. The van der Waals surface area contributed by atoms with Gasteiger partial charge in [0.05, 0.1) is 36.9 Å². The highest BCUT2D eigenvalue weighted by Crippen LogP contribution is 2.60. The van der Waals surface area contributed by atoms with Crippen LogP contribution in [0, 0.1) is 17.8 Å². The van der Waals surface area contributed by atoms with E-state index in [1.807, 2.05) is 36.4 Å². The summed E-state index contributed by atoms with van der Waals surface area (Å²) in [6.45, 7) is 14.9. The molecule has 0 bridgehead atoms. The van der Waals surface area contributed by atoms with Gasteiger partial charge in [-0.2, -0.15) is 0 Å². The first kappa shape index (κ1) is 56.9. The van der Waals surface area contributed by atoms with Crippen LogP contribution in [0.5, 0.6) is 5.75 Å². The predicted molar refractivity (Wildman–Crippen MR) is 355 cm³/mol. The summed E-state index contributed by atoms with van der Waals surface area (Å²) in [5, 5.41) is 3.88. The number of benzene rings is 4. The van der Waals surface area contributed by atoms with Crippen LogP contribution in [0.2, 0.25) is 0 Å². The van der Waals surface area contributed by atoms with Crippen molar-refractivity contribution in [1.82, 2.24) is 4.57 Å². The molecule has 7 aliphatic carbocycles. The Morgan fingerprint density at radius 2 is 1.51 bits per heavy atom. The Morgan fingerprint density at radius 1 is 0.702 bits per heavy atom. The minimum atomic E-state index is -0.194. The van der Waals surface area contributed by atoms with Gasteiger partial charge in [0, 0.05) is 39.4 Å².